The molecule has 0 fully saturated rings. The van der Waals surface area contributed by atoms with E-state index in [2.05, 4.69) is 20.0 Å². The molecule has 6 nitrogen and oxygen atoms in total. The number of anilines is 1. The van der Waals surface area contributed by atoms with Gasteiger partial charge in [0.25, 0.3) is 0 Å². The average Bonchev–Trinajstić information content (AvgIpc) is 2.66. The van der Waals surface area contributed by atoms with Crippen molar-refractivity contribution in [3.63, 3.8) is 0 Å². The van der Waals surface area contributed by atoms with Crippen LogP contribution >= 0.6 is 0 Å². The molecule has 1 atom stereocenters. The van der Waals surface area contributed by atoms with E-state index in [4.69, 9.17) is 6.42 Å². The van der Waals surface area contributed by atoms with Crippen molar-refractivity contribution in [2.24, 2.45) is 0 Å². The third kappa shape index (κ3) is 4.95. The molecule has 0 amide bonds. The number of methoxy groups -OCH3 is 1. The van der Waals surface area contributed by atoms with Gasteiger partial charge in [-0.2, -0.15) is 13.2 Å². The van der Waals surface area contributed by atoms with E-state index >= 15 is 0 Å². The van der Waals surface area contributed by atoms with Gasteiger partial charge in [0.1, 0.15) is 11.6 Å². The maximum Gasteiger partial charge on any atom is 0.416 e. The molecule has 9 heteroatoms. The largest absolute Gasteiger partial charge is 0.469 e. The Balaban J connectivity index is 2.54. The van der Waals surface area contributed by atoms with Crippen molar-refractivity contribution in [3.8, 4) is 12.3 Å². The van der Waals surface area contributed by atoms with Gasteiger partial charge in [-0.05, 0) is 43.9 Å². The molecule has 2 rings (SSSR count). The Hall–Kier alpha value is -3.41. The maximum atomic E-state index is 13.2. The predicted molar refractivity (Wildman–Crippen MR) is 104 cm³/mol. The van der Waals surface area contributed by atoms with Crippen molar-refractivity contribution < 1.29 is 27.5 Å². The summed E-state index contributed by atoms with van der Waals surface area (Å²) in [5.74, 6) is 0.858. The summed E-state index contributed by atoms with van der Waals surface area (Å²) < 4.78 is 44.4. The van der Waals surface area contributed by atoms with Crippen LogP contribution in [0.1, 0.15) is 51.5 Å². The fourth-order valence-corrected chi connectivity index (χ4v) is 3.10. The molecule has 1 aromatic heterocycles. The van der Waals surface area contributed by atoms with Crippen LogP contribution in [-0.4, -0.2) is 28.8 Å². The van der Waals surface area contributed by atoms with Gasteiger partial charge in [-0.1, -0.05) is 12.1 Å². The molecule has 0 aliphatic heterocycles. The summed E-state index contributed by atoms with van der Waals surface area (Å²) in [5.41, 5.74) is -0.346. The lowest BCUT2D eigenvalue weighted by Gasteiger charge is -2.22. The lowest BCUT2D eigenvalue weighted by Crippen LogP contribution is -2.19. The number of nitrogens with one attached hydrogen (secondary N) is 1. The molecule has 0 unspecified atom stereocenters. The molecule has 0 saturated heterocycles. The van der Waals surface area contributed by atoms with Gasteiger partial charge in [-0.25, -0.2) is 9.97 Å². The summed E-state index contributed by atoms with van der Waals surface area (Å²) in [4.78, 5) is 32.4. The number of carbonyl (C=O) groups is 2. The number of terminal acetylenes is 1. The Morgan fingerprint density at radius 2 is 1.93 bits per heavy atom. The number of aromatic nitrogens is 2. The normalized spacial score (nSPS) is 12.1. The number of ether oxygens (including phenoxy) is 1. The van der Waals surface area contributed by atoms with Gasteiger partial charge >= 0.3 is 12.1 Å². The van der Waals surface area contributed by atoms with E-state index in [0.717, 1.165) is 6.07 Å². The summed E-state index contributed by atoms with van der Waals surface area (Å²) in [5, 5.41) is 2.95. The molecule has 30 heavy (non-hydrogen) atoms. The van der Waals surface area contributed by atoms with Gasteiger partial charge in [-0.3, -0.25) is 9.59 Å². The zero-order valence-corrected chi connectivity index (χ0v) is 16.8. The van der Waals surface area contributed by atoms with Crippen LogP contribution in [0, 0.1) is 26.2 Å². The molecule has 158 valence electrons. The highest BCUT2D eigenvalue weighted by Gasteiger charge is 2.33. The standard InChI is InChI=1S/C21H20F3N3O3/c1-6-17(28)19-16(10-18(29)30-5)26-13(4)27-20(19)25-12(3)14-8-7-9-15(11(14)2)21(22,23)24/h1,7-9,12H,10H2,2-5H3,(H,25,26,27)/t12-/m1/s1. The van der Waals surface area contributed by atoms with Gasteiger partial charge in [0.15, 0.2) is 0 Å². The van der Waals surface area contributed by atoms with Crippen LogP contribution in [0.4, 0.5) is 19.0 Å². The zero-order chi connectivity index (χ0) is 22.6. The molecule has 0 saturated carbocycles. The number of hydrogen-bond acceptors (Lipinski definition) is 6. The van der Waals surface area contributed by atoms with E-state index in [0.29, 0.717) is 5.56 Å². The van der Waals surface area contributed by atoms with Crippen molar-refractivity contribution in [2.45, 2.75) is 39.4 Å². The first-order valence-corrected chi connectivity index (χ1v) is 8.88. The molecule has 0 spiro atoms. The molecule has 0 bridgehead atoms. The van der Waals surface area contributed by atoms with E-state index in [1.807, 2.05) is 5.92 Å². The van der Waals surface area contributed by atoms with E-state index in [9.17, 15) is 22.8 Å². The van der Waals surface area contributed by atoms with Gasteiger partial charge in [0, 0.05) is 0 Å². The number of halogens is 3. The second kappa shape index (κ2) is 8.95. The summed E-state index contributed by atoms with van der Waals surface area (Å²) >= 11 is 0. The Morgan fingerprint density at radius 1 is 1.27 bits per heavy atom. The van der Waals surface area contributed by atoms with Crippen molar-refractivity contribution in [2.75, 3.05) is 12.4 Å². The van der Waals surface area contributed by atoms with Crippen LogP contribution in [0.2, 0.25) is 0 Å². The number of alkyl halides is 3. The van der Waals surface area contributed by atoms with Crippen LogP contribution in [-0.2, 0) is 22.1 Å². The van der Waals surface area contributed by atoms with E-state index in [-0.39, 0.29) is 34.9 Å². The van der Waals surface area contributed by atoms with Gasteiger partial charge < -0.3 is 10.1 Å². The highest BCUT2D eigenvalue weighted by Crippen LogP contribution is 2.35. The predicted octanol–water partition coefficient (Wildman–Crippen LogP) is 3.82. The fourth-order valence-electron chi connectivity index (χ4n) is 3.10. The summed E-state index contributed by atoms with van der Waals surface area (Å²) in [7, 11) is 1.19. The van der Waals surface area contributed by atoms with Crippen LogP contribution in [0.5, 0.6) is 0 Å². The van der Waals surface area contributed by atoms with Crippen LogP contribution < -0.4 is 5.32 Å². The minimum absolute atomic E-state index is 0.0358. The summed E-state index contributed by atoms with van der Waals surface area (Å²) in [6, 6.07) is 3.21. The van der Waals surface area contributed by atoms with Gasteiger partial charge in [0.2, 0.25) is 5.78 Å². The average molecular weight is 419 g/mol. The molecular formula is C21H20F3N3O3. The number of ketones is 1. The van der Waals surface area contributed by atoms with Crippen LogP contribution in [0.25, 0.3) is 0 Å². The number of rotatable bonds is 6. The first-order valence-electron chi connectivity index (χ1n) is 8.88. The number of Topliss-reactive ketones (excluding diaryl/α,β-unsaturated/α-hetero) is 1. The maximum absolute atomic E-state index is 13.2. The van der Waals surface area contributed by atoms with Crippen molar-refractivity contribution in [3.05, 3.63) is 52.0 Å². The van der Waals surface area contributed by atoms with Gasteiger partial charge in [0.05, 0.1) is 36.4 Å². The number of aryl methyl sites for hydroxylation is 1. The molecule has 1 heterocycles. The molecule has 1 aromatic carbocycles. The lowest BCUT2D eigenvalue weighted by atomic mass is 9.97. The first-order chi connectivity index (χ1) is 14.0. The fraction of sp³-hybridized carbons (Fsp3) is 0.333. The van der Waals surface area contributed by atoms with Crippen molar-refractivity contribution in [1.82, 2.24) is 9.97 Å². The SMILES string of the molecule is C#CC(=O)c1c(CC(=O)OC)nc(C)nc1N[C@H](C)c1cccc(C(F)(F)F)c1C. The minimum Gasteiger partial charge on any atom is -0.469 e. The van der Waals surface area contributed by atoms with Gasteiger partial charge in [-0.15, -0.1) is 6.42 Å². The molecule has 1 N–H and O–H groups in total. The number of carbonyl (C=O) groups excluding carboxylic acids is 2. The molecule has 0 radical (unpaired) electrons. The Kier molecular flexibility index (Phi) is 6.82. The third-order valence-electron chi connectivity index (χ3n) is 4.49. The highest BCUT2D eigenvalue weighted by molar-refractivity contribution is 6.12. The first kappa shape index (κ1) is 22.9. The summed E-state index contributed by atoms with van der Waals surface area (Å²) in [6.45, 7) is 4.55. The van der Waals surface area contributed by atoms with Crippen LogP contribution in [0.15, 0.2) is 18.2 Å². The number of nitrogens with zero attached hydrogens (tertiary/aromatic N) is 2. The summed E-state index contributed by atoms with van der Waals surface area (Å²) in [6.07, 6.45) is 0.445. The topological polar surface area (TPSA) is 81.2 Å². The molecule has 0 aliphatic rings. The van der Waals surface area contributed by atoms with E-state index in [1.54, 1.807) is 19.9 Å². The minimum atomic E-state index is -4.50. The monoisotopic (exact) mass is 419 g/mol. The van der Waals surface area contributed by atoms with Crippen LogP contribution in [0.3, 0.4) is 0 Å². The number of benzene rings is 1. The Bertz CT molecular complexity index is 1030. The molecule has 2 aromatic rings. The smallest absolute Gasteiger partial charge is 0.416 e. The second-order valence-electron chi connectivity index (χ2n) is 6.55. The number of esters is 1. The number of hydrogen-bond donors (Lipinski definition) is 1. The molecular weight excluding hydrogens is 399 g/mol. The third-order valence-corrected chi connectivity index (χ3v) is 4.49. The quantitative estimate of drug-likeness (QED) is 0.332. The second-order valence-corrected chi connectivity index (χ2v) is 6.55. The lowest BCUT2D eigenvalue weighted by molar-refractivity contribution is -0.140. The molecule has 0 aliphatic carbocycles. The van der Waals surface area contributed by atoms with Crippen molar-refractivity contribution in [1.29, 1.82) is 0 Å². The highest BCUT2D eigenvalue weighted by atomic mass is 19.4. The van der Waals surface area contributed by atoms with E-state index < -0.39 is 29.5 Å². The Morgan fingerprint density at radius 3 is 2.50 bits per heavy atom. The van der Waals surface area contributed by atoms with Crippen molar-refractivity contribution >= 4 is 17.6 Å². The zero-order valence-electron chi connectivity index (χ0n) is 16.8. The van der Waals surface area contributed by atoms with E-state index in [1.165, 1.54) is 20.1 Å². The Labute approximate surface area is 171 Å².